The first-order valence-electron chi connectivity index (χ1n) is 7.68. The molecule has 2 aliphatic rings. The van der Waals surface area contributed by atoms with Crippen molar-refractivity contribution in [3.05, 3.63) is 12.2 Å². The molecule has 6 nitrogen and oxygen atoms in total. The number of piperidine rings is 1. The van der Waals surface area contributed by atoms with Gasteiger partial charge in [-0.3, -0.25) is 4.79 Å². The number of hydrogen-bond acceptors (Lipinski definition) is 3. The van der Waals surface area contributed by atoms with Crippen molar-refractivity contribution < 1.29 is 14.7 Å². The largest absolute Gasteiger partial charge is 0.481 e. The van der Waals surface area contributed by atoms with E-state index in [0.717, 1.165) is 32.5 Å². The maximum absolute atomic E-state index is 12.2. The van der Waals surface area contributed by atoms with E-state index >= 15 is 0 Å². The van der Waals surface area contributed by atoms with Crippen LogP contribution in [-0.4, -0.2) is 65.7 Å². The summed E-state index contributed by atoms with van der Waals surface area (Å²) in [6.07, 6.45) is 5.88. The standard InChI is InChI=1S/C15H25N3O3/c1-3-18-8-6-13(7-9-18)17(2)15(21)16-12-5-4-11(10-12)14(19)20/h4-5,11-13H,3,6-10H2,1-2H3,(H,16,21)(H,19,20). The Labute approximate surface area is 125 Å². The molecule has 0 aromatic rings. The lowest BCUT2D eigenvalue weighted by Crippen LogP contribution is -2.50. The minimum Gasteiger partial charge on any atom is -0.481 e. The number of hydrogen-bond donors (Lipinski definition) is 2. The Morgan fingerprint density at radius 3 is 2.52 bits per heavy atom. The molecule has 1 aliphatic heterocycles. The number of urea groups is 1. The van der Waals surface area contributed by atoms with Crippen LogP contribution in [-0.2, 0) is 4.79 Å². The molecule has 21 heavy (non-hydrogen) atoms. The highest BCUT2D eigenvalue weighted by Crippen LogP contribution is 2.19. The summed E-state index contributed by atoms with van der Waals surface area (Å²) < 4.78 is 0. The molecule has 0 saturated carbocycles. The Morgan fingerprint density at radius 2 is 2.00 bits per heavy atom. The van der Waals surface area contributed by atoms with Crippen molar-refractivity contribution >= 4 is 12.0 Å². The van der Waals surface area contributed by atoms with Gasteiger partial charge in [-0.05, 0) is 25.8 Å². The Balaban J connectivity index is 1.79. The van der Waals surface area contributed by atoms with E-state index in [4.69, 9.17) is 5.11 Å². The van der Waals surface area contributed by atoms with Gasteiger partial charge in [-0.15, -0.1) is 0 Å². The molecule has 0 aromatic heterocycles. The fourth-order valence-electron chi connectivity index (χ4n) is 3.04. The van der Waals surface area contributed by atoms with Crippen LogP contribution in [0.15, 0.2) is 12.2 Å². The molecule has 2 amide bonds. The van der Waals surface area contributed by atoms with E-state index in [2.05, 4.69) is 17.1 Å². The third kappa shape index (κ3) is 3.97. The average Bonchev–Trinajstić information content (AvgIpc) is 2.95. The molecule has 1 heterocycles. The molecular weight excluding hydrogens is 270 g/mol. The number of aliphatic carboxylic acids is 1. The van der Waals surface area contributed by atoms with Crippen molar-refractivity contribution in [2.24, 2.45) is 5.92 Å². The van der Waals surface area contributed by atoms with Gasteiger partial charge in [-0.2, -0.15) is 0 Å². The number of nitrogens with one attached hydrogen (secondary N) is 1. The number of amides is 2. The van der Waals surface area contributed by atoms with Crippen LogP contribution in [0.4, 0.5) is 4.79 Å². The minimum absolute atomic E-state index is 0.106. The van der Waals surface area contributed by atoms with Crippen molar-refractivity contribution in [3.8, 4) is 0 Å². The van der Waals surface area contributed by atoms with Gasteiger partial charge in [-0.1, -0.05) is 19.1 Å². The molecule has 0 aromatic carbocycles. The highest BCUT2D eigenvalue weighted by molar-refractivity contribution is 5.76. The molecule has 1 saturated heterocycles. The van der Waals surface area contributed by atoms with Crippen molar-refractivity contribution in [1.82, 2.24) is 15.1 Å². The van der Waals surface area contributed by atoms with E-state index in [9.17, 15) is 9.59 Å². The van der Waals surface area contributed by atoms with Crippen LogP contribution >= 0.6 is 0 Å². The fraction of sp³-hybridized carbons (Fsp3) is 0.733. The van der Waals surface area contributed by atoms with Gasteiger partial charge in [0, 0.05) is 26.2 Å². The summed E-state index contributed by atoms with van der Waals surface area (Å²) in [6, 6.07) is -0.00382. The summed E-state index contributed by atoms with van der Waals surface area (Å²) in [5.41, 5.74) is 0. The quantitative estimate of drug-likeness (QED) is 0.763. The highest BCUT2D eigenvalue weighted by Gasteiger charge is 2.29. The highest BCUT2D eigenvalue weighted by atomic mass is 16.4. The smallest absolute Gasteiger partial charge is 0.317 e. The van der Waals surface area contributed by atoms with Crippen LogP contribution in [0.1, 0.15) is 26.2 Å². The molecule has 0 spiro atoms. The van der Waals surface area contributed by atoms with Crippen molar-refractivity contribution in [2.75, 3.05) is 26.7 Å². The zero-order valence-corrected chi connectivity index (χ0v) is 12.8. The topological polar surface area (TPSA) is 72.9 Å². The second-order valence-electron chi connectivity index (χ2n) is 5.90. The number of nitrogens with zero attached hydrogens (tertiary/aromatic N) is 2. The van der Waals surface area contributed by atoms with Gasteiger partial charge >= 0.3 is 12.0 Å². The van der Waals surface area contributed by atoms with Crippen LogP contribution in [0.5, 0.6) is 0 Å². The monoisotopic (exact) mass is 295 g/mol. The molecule has 6 heteroatoms. The Morgan fingerprint density at radius 1 is 1.33 bits per heavy atom. The molecule has 118 valence electrons. The van der Waals surface area contributed by atoms with E-state index in [1.165, 1.54) is 0 Å². The van der Waals surface area contributed by atoms with Crippen LogP contribution < -0.4 is 5.32 Å². The second kappa shape index (κ2) is 6.93. The zero-order valence-electron chi connectivity index (χ0n) is 12.8. The molecule has 0 radical (unpaired) electrons. The zero-order chi connectivity index (χ0) is 15.4. The Kier molecular flexibility index (Phi) is 5.22. The molecule has 2 N–H and O–H groups in total. The number of carbonyl (C=O) groups is 2. The van der Waals surface area contributed by atoms with Gasteiger partial charge in [0.25, 0.3) is 0 Å². The summed E-state index contributed by atoms with van der Waals surface area (Å²) in [5, 5.41) is 11.9. The lowest BCUT2D eigenvalue weighted by Gasteiger charge is -2.36. The molecule has 2 atom stereocenters. The first-order valence-corrected chi connectivity index (χ1v) is 7.68. The summed E-state index contributed by atoms with van der Waals surface area (Å²) >= 11 is 0. The van der Waals surface area contributed by atoms with Crippen molar-refractivity contribution in [3.63, 3.8) is 0 Å². The van der Waals surface area contributed by atoms with Crippen molar-refractivity contribution in [1.29, 1.82) is 0 Å². The summed E-state index contributed by atoms with van der Waals surface area (Å²) in [6.45, 7) is 5.28. The lowest BCUT2D eigenvalue weighted by molar-refractivity contribution is -0.140. The van der Waals surface area contributed by atoms with Crippen LogP contribution in [0.2, 0.25) is 0 Å². The van der Waals surface area contributed by atoms with Gasteiger partial charge in [0.15, 0.2) is 0 Å². The molecule has 0 bridgehead atoms. The van der Waals surface area contributed by atoms with Crippen molar-refractivity contribution in [2.45, 2.75) is 38.3 Å². The van der Waals surface area contributed by atoms with E-state index in [1.54, 1.807) is 17.1 Å². The van der Waals surface area contributed by atoms with E-state index in [-0.39, 0.29) is 18.1 Å². The summed E-state index contributed by atoms with van der Waals surface area (Å²) in [5.74, 6) is -1.31. The van der Waals surface area contributed by atoms with Gasteiger partial charge in [0.2, 0.25) is 0 Å². The predicted molar refractivity (Wildman–Crippen MR) is 80.1 cm³/mol. The number of rotatable bonds is 4. The van der Waals surface area contributed by atoms with E-state index in [1.807, 2.05) is 7.05 Å². The van der Waals surface area contributed by atoms with Crippen LogP contribution in [0.25, 0.3) is 0 Å². The second-order valence-corrected chi connectivity index (χ2v) is 5.90. The van der Waals surface area contributed by atoms with E-state index < -0.39 is 11.9 Å². The van der Waals surface area contributed by atoms with Gasteiger partial charge < -0.3 is 20.2 Å². The minimum atomic E-state index is -0.830. The van der Waals surface area contributed by atoms with Gasteiger partial charge in [0.05, 0.1) is 12.0 Å². The summed E-state index contributed by atoms with van der Waals surface area (Å²) in [4.78, 5) is 27.3. The molecule has 1 fully saturated rings. The third-order valence-electron chi connectivity index (χ3n) is 4.58. The SMILES string of the molecule is CCN1CCC(N(C)C(=O)NC2C=CC(C(=O)O)C2)CC1. The number of likely N-dealkylation sites (tertiary alicyclic amines) is 1. The average molecular weight is 295 g/mol. The number of carboxylic acids is 1. The normalized spacial score (nSPS) is 26.8. The Bertz CT molecular complexity index is 416. The maximum Gasteiger partial charge on any atom is 0.317 e. The number of carbonyl (C=O) groups excluding carboxylic acids is 1. The molecule has 1 aliphatic carbocycles. The summed E-state index contributed by atoms with van der Waals surface area (Å²) in [7, 11) is 1.83. The first-order chi connectivity index (χ1) is 10.0. The van der Waals surface area contributed by atoms with E-state index in [0.29, 0.717) is 6.42 Å². The van der Waals surface area contributed by atoms with Gasteiger partial charge in [-0.25, -0.2) is 4.79 Å². The third-order valence-corrected chi connectivity index (χ3v) is 4.58. The molecule has 2 unspecified atom stereocenters. The first kappa shape index (κ1) is 15.8. The van der Waals surface area contributed by atoms with Crippen LogP contribution in [0, 0.1) is 5.92 Å². The predicted octanol–water partition coefficient (Wildman–Crippen LogP) is 1.14. The number of carboxylic acid groups (broad SMARTS) is 1. The fourth-order valence-corrected chi connectivity index (χ4v) is 3.04. The molecular formula is C15H25N3O3. The Hall–Kier alpha value is -1.56. The maximum atomic E-state index is 12.2. The van der Waals surface area contributed by atoms with Gasteiger partial charge in [0.1, 0.15) is 0 Å². The van der Waals surface area contributed by atoms with Crippen LogP contribution in [0.3, 0.4) is 0 Å². The molecule has 2 rings (SSSR count). The lowest BCUT2D eigenvalue weighted by atomic mass is 10.0.